The fourth-order valence-electron chi connectivity index (χ4n) is 1.59. The fourth-order valence-corrected chi connectivity index (χ4v) is 1.97. The average Bonchev–Trinajstić information content (AvgIpc) is 3.13. The van der Waals surface area contributed by atoms with Crippen LogP contribution in [-0.4, -0.2) is 18.0 Å². The number of hydrogen-bond acceptors (Lipinski definition) is 2. The lowest BCUT2D eigenvalue weighted by Gasteiger charge is -2.14. The van der Waals surface area contributed by atoms with Crippen LogP contribution in [0.1, 0.15) is 25.3 Å². The van der Waals surface area contributed by atoms with Gasteiger partial charge in [-0.2, -0.15) is 0 Å². The molecular formula is C13H16Cl2N2O. The largest absolute Gasteiger partial charge is 0.352 e. The maximum absolute atomic E-state index is 11.7. The van der Waals surface area contributed by atoms with Gasteiger partial charge in [-0.3, -0.25) is 4.79 Å². The summed E-state index contributed by atoms with van der Waals surface area (Å²) in [5, 5.41) is 7.40. The van der Waals surface area contributed by atoms with Crippen molar-refractivity contribution in [2.45, 2.75) is 38.4 Å². The van der Waals surface area contributed by atoms with Gasteiger partial charge in [0.2, 0.25) is 5.91 Å². The van der Waals surface area contributed by atoms with E-state index in [1.807, 2.05) is 13.0 Å². The zero-order chi connectivity index (χ0) is 13.1. The molecule has 18 heavy (non-hydrogen) atoms. The van der Waals surface area contributed by atoms with Crippen LogP contribution < -0.4 is 10.6 Å². The number of carbonyl (C=O) groups is 1. The Morgan fingerprint density at radius 2 is 2.17 bits per heavy atom. The Balaban J connectivity index is 1.85. The van der Waals surface area contributed by atoms with Crippen molar-refractivity contribution in [2.75, 3.05) is 0 Å². The third-order valence-electron chi connectivity index (χ3n) is 2.92. The minimum atomic E-state index is -0.236. The van der Waals surface area contributed by atoms with Gasteiger partial charge in [-0.05, 0) is 43.5 Å². The van der Waals surface area contributed by atoms with E-state index in [1.54, 1.807) is 12.1 Å². The van der Waals surface area contributed by atoms with E-state index in [-0.39, 0.29) is 11.9 Å². The molecule has 0 saturated heterocycles. The van der Waals surface area contributed by atoms with Gasteiger partial charge in [0, 0.05) is 22.6 Å². The summed E-state index contributed by atoms with van der Waals surface area (Å²) >= 11 is 12.0. The molecule has 1 atom stereocenters. The van der Waals surface area contributed by atoms with Crippen molar-refractivity contribution in [3.8, 4) is 0 Å². The summed E-state index contributed by atoms with van der Waals surface area (Å²) in [6.45, 7) is 2.37. The van der Waals surface area contributed by atoms with Gasteiger partial charge >= 0.3 is 0 Å². The molecule has 2 rings (SSSR count). The van der Waals surface area contributed by atoms with E-state index in [0.717, 1.165) is 18.4 Å². The molecule has 1 amide bonds. The van der Waals surface area contributed by atoms with Crippen LogP contribution in [0.5, 0.6) is 0 Å². The van der Waals surface area contributed by atoms with Crippen molar-refractivity contribution in [3.05, 3.63) is 33.8 Å². The Bertz CT molecular complexity index is 447. The van der Waals surface area contributed by atoms with Gasteiger partial charge in [0.05, 0.1) is 6.04 Å². The molecule has 0 aliphatic heterocycles. The maximum atomic E-state index is 11.7. The van der Waals surface area contributed by atoms with Crippen LogP contribution in [0.15, 0.2) is 18.2 Å². The molecule has 0 bridgehead atoms. The Kier molecular flexibility index (Phi) is 4.49. The molecule has 1 saturated carbocycles. The summed E-state index contributed by atoms with van der Waals surface area (Å²) in [5.74, 6) is 0.0376. The van der Waals surface area contributed by atoms with Crippen molar-refractivity contribution in [1.82, 2.24) is 10.6 Å². The number of halogens is 2. The zero-order valence-electron chi connectivity index (χ0n) is 10.2. The summed E-state index contributed by atoms with van der Waals surface area (Å²) in [6, 6.07) is 5.46. The first-order valence-corrected chi connectivity index (χ1v) is 6.79. The highest BCUT2D eigenvalue weighted by Crippen LogP contribution is 2.21. The van der Waals surface area contributed by atoms with Crippen molar-refractivity contribution in [1.29, 1.82) is 0 Å². The van der Waals surface area contributed by atoms with E-state index in [0.29, 0.717) is 22.6 Å². The van der Waals surface area contributed by atoms with Crippen molar-refractivity contribution < 1.29 is 4.79 Å². The predicted molar refractivity (Wildman–Crippen MR) is 73.9 cm³/mol. The monoisotopic (exact) mass is 286 g/mol. The smallest absolute Gasteiger partial charge is 0.237 e. The van der Waals surface area contributed by atoms with Crippen LogP contribution in [0.3, 0.4) is 0 Å². The molecule has 1 aliphatic rings. The lowest BCUT2D eigenvalue weighted by molar-refractivity contribution is -0.122. The van der Waals surface area contributed by atoms with Crippen LogP contribution in [0.2, 0.25) is 10.0 Å². The fraction of sp³-hybridized carbons (Fsp3) is 0.462. The van der Waals surface area contributed by atoms with Crippen LogP contribution in [0.4, 0.5) is 0 Å². The Labute approximate surface area is 117 Å². The predicted octanol–water partition coefficient (Wildman–Crippen LogP) is 2.75. The van der Waals surface area contributed by atoms with E-state index in [2.05, 4.69) is 10.6 Å². The third kappa shape index (κ3) is 3.87. The molecule has 1 aromatic carbocycles. The summed E-state index contributed by atoms with van der Waals surface area (Å²) in [7, 11) is 0. The number of carbonyl (C=O) groups excluding carboxylic acids is 1. The highest BCUT2D eigenvalue weighted by molar-refractivity contribution is 6.33. The molecule has 2 N–H and O–H groups in total. The molecule has 1 aliphatic carbocycles. The van der Waals surface area contributed by atoms with Gasteiger partial charge in [-0.15, -0.1) is 0 Å². The van der Waals surface area contributed by atoms with Crippen LogP contribution in [-0.2, 0) is 11.3 Å². The lowest BCUT2D eigenvalue weighted by Crippen LogP contribution is -2.42. The normalized spacial score (nSPS) is 16.4. The van der Waals surface area contributed by atoms with Crippen molar-refractivity contribution in [2.24, 2.45) is 0 Å². The second-order valence-electron chi connectivity index (χ2n) is 4.62. The number of amides is 1. The van der Waals surface area contributed by atoms with E-state index in [1.165, 1.54) is 0 Å². The van der Waals surface area contributed by atoms with E-state index in [4.69, 9.17) is 23.2 Å². The van der Waals surface area contributed by atoms with Gasteiger partial charge in [-0.25, -0.2) is 0 Å². The minimum Gasteiger partial charge on any atom is -0.352 e. The molecule has 0 radical (unpaired) electrons. The maximum Gasteiger partial charge on any atom is 0.237 e. The number of hydrogen-bond donors (Lipinski definition) is 2. The molecule has 1 unspecified atom stereocenters. The standard InChI is InChI=1S/C13H16Cl2N2O/c1-8(13(18)17-11-3-4-11)16-7-9-6-10(14)2-5-12(9)15/h2,5-6,8,11,16H,3-4,7H2,1H3,(H,17,18). The Morgan fingerprint density at radius 3 is 2.83 bits per heavy atom. The van der Waals surface area contributed by atoms with Crippen LogP contribution in [0.25, 0.3) is 0 Å². The quantitative estimate of drug-likeness (QED) is 0.874. The molecule has 98 valence electrons. The Morgan fingerprint density at radius 1 is 1.44 bits per heavy atom. The second kappa shape index (κ2) is 5.91. The van der Waals surface area contributed by atoms with Gasteiger partial charge in [0.15, 0.2) is 0 Å². The molecule has 0 heterocycles. The average molecular weight is 287 g/mol. The van der Waals surface area contributed by atoms with Crippen LogP contribution in [0, 0.1) is 0 Å². The Hall–Kier alpha value is -0.770. The summed E-state index contributed by atoms with van der Waals surface area (Å²) in [6.07, 6.45) is 2.19. The van der Waals surface area contributed by atoms with Gasteiger partial charge in [-0.1, -0.05) is 23.2 Å². The first kappa shape index (κ1) is 13.7. The topological polar surface area (TPSA) is 41.1 Å². The lowest BCUT2D eigenvalue weighted by atomic mass is 10.2. The number of benzene rings is 1. The van der Waals surface area contributed by atoms with Crippen LogP contribution >= 0.6 is 23.2 Å². The molecule has 1 aromatic rings. The van der Waals surface area contributed by atoms with Crippen molar-refractivity contribution in [3.63, 3.8) is 0 Å². The molecule has 5 heteroatoms. The van der Waals surface area contributed by atoms with Gasteiger partial charge in [0.1, 0.15) is 0 Å². The highest BCUT2D eigenvalue weighted by atomic mass is 35.5. The van der Waals surface area contributed by atoms with E-state index >= 15 is 0 Å². The summed E-state index contributed by atoms with van der Waals surface area (Å²) < 4.78 is 0. The minimum absolute atomic E-state index is 0.0376. The van der Waals surface area contributed by atoms with E-state index in [9.17, 15) is 4.79 Å². The zero-order valence-corrected chi connectivity index (χ0v) is 11.7. The third-order valence-corrected chi connectivity index (χ3v) is 3.53. The molecule has 1 fully saturated rings. The molecule has 0 spiro atoms. The molecule has 0 aromatic heterocycles. The molecule has 3 nitrogen and oxygen atoms in total. The highest BCUT2D eigenvalue weighted by Gasteiger charge is 2.25. The first-order chi connectivity index (χ1) is 8.56. The molecular weight excluding hydrogens is 271 g/mol. The first-order valence-electron chi connectivity index (χ1n) is 6.04. The van der Waals surface area contributed by atoms with Crippen molar-refractivity contribution >= 4 is 29.1 Å². The van der Waals surface area contributed by atoms with Gasteiger partial charge in [0.25, 0.3) is 0 Å². The second-order valence-corrected chi connectivity index (χ2v) is 5.46. The SMILES string of the molecule is CC(NCc1cc(Cl)ccc1Cl)C(=O)NC1CC1. The number of rotatable bonds is 5. The number of nitrogens with one attached hydrogen (secondary N) is 2. The summed E-state index contributed by atoms with van der Waals surface area (Å²) in [5.41, 5.74) is 0.898. The van der Waals surface area contributed by atoms with Gasteiger partial charge < -0.3 is 10.6 Å². The summed E-state index contributed by atoms with van der Waals surface area (Å²) in [4.78, 5) is 11.7. The van der Waals surface area contributed by atoms with E-state index < -0.39 is 0 Å².